The number of aliphatic hydroxyl groups is 1. The zero-order valence-corrected chi connectivity index (χ0v) is 9.68. The Kier molecular flexibility index (Phi) is 4.17. The van der Waals surface area contributed by atoms with Crippen LogP contribution in [0.2, 0.25) is 0 Å². The van der Waals surface area contributed by atoms with Crippen molar-refractivity contribution in [3.05, 3.63) is 48.0 Å². The lowest BCUT2D eigenvalue weighted by Crippen LogP contribution is -2.03. The van der Waals surface area contributed by atoms with Gasteiger partial charge in [-0.05, 0) is 24.3 Å². The molecule has 0 unspecified atom stereocenters. The van der Waals surface area contributed by atoms with Crippen LogP contribution in [-0.2, 0) is 0 Å². The van der Waals surface area contributed by atoms with Crippen molar-refractivity contribution in [3.63, 3.8) is 0 Å². The molecule has 0 amide bonds. The summed E-state index contributed by atoms with van der Waals surface area (Å²) >= 11 is 0. The molecule has 0 heterocycles. The lowest BCUT2D eigenvalue weighted by Gasteiger charge is -2.18. The smallest absolute Gasteiger partial charge is 0.0971 e. The van der Waals surface area contributed by atoms with E-state index in [9.17, 15) is 5.11 Å². The Bertz CT molecular complexity index is 323. The maximum absolute atomic E-state index is 9.96. The maximum Gasteiger partial charge on any atom is 0.0971 e. The Morgan fingerprint density at radius 2 is 1.75 bits per heavy atom. The van der Waals surface area contributed by atoms with E-state index in [1.54, 1.807) is 0 Å². The quantitative estimate of drug-likeness (QED) is 0.761. The van der Waals surface area contributed by atoms with Crippen molar-refractivity contribution in [2.45, 2.75) is 38.2 Å². The molecule has 1 N–H and O–H groups in total. The van der Waals surface area contributed by atoms with Crippen LogP contribution in [0, 0.1) is 5.92 Å². The molecule has 1 heteroatoms. The molecule has 0 aliphatic heterocycles. The first-order valence-electron chi connectivity index (χ1n) is 6.27. The fraction of sp³-hybridized carbons (Fsp3) is 0.467. The summed E-state index contributed by atoms with van der Waals surface area (Å²) in [6.45, 7) is 0. The van der Waals surface area contributed by atoms with Gasteiger partial charge in [0.25, 0.3) is 0 Å². The van der Waals surface area contributed by atoms with Crippen LogP contribution < -0.4 is 0 Å². The van der Waals surface area contributed by atoms with Crippen LogP contribution in [0.15, 0.2) is 42.5 Å². The highest BCUT2D eigenvalue weighted by molar-refractivity contribution is 5.21. The number of rotatable bonds is 3. The van der Waals surface area contributed by atoms with Crippen LogP contribution in [0.4, 0.5) is 0 Å². The van der Waals surface area contributed by atoms with E-state index in [2.05, 4.69) is 6.08 Å². The molecule has 1 atom stereocenters. The SMILES string of the molecule is O[C@H](/C=C/C1CCCCC1)c1ccccc1. The van der Waals surface area contributed by atoms with Crippen LogP contribution in [0.5, 0.6) is 0 Å². The topological polar surface area (TPSA) is 20.2 Å². The molecular weight excluding hydrogens is 196 g/mol. The number of hydrogen-bond acceptors (Lipinski definition) is 1. The van der Waals surface area contributed by atoms with Crippen LogP contribution in [0.25, 0.3) is 0 Å². The molecule has 0 aromatic heterocycles. The van der Waals surface area contributed by atoms with E-state index < -0.39 is 6.10 Å². The molecule has 0 radical (unpaired) electrons. The van der Waals surface area contributed by atoms with E-state index in [1.807, 2.05) is 36.4 Å². The predicted octanol–water partition coefficient (Wildman–Crippen LogP) is 3.86. The number of hydrogen-bond donors (Lipinski definition) is 1. The Morgan fingerprint density at radius 1 is 1.06 bits per heavy atom. The van der Waals surface area contributed by atoms with Crippen molar-refractivity contribution in [2.24, 2.45) is 5.92 Å². The molecule has 0 spiro atoms. The summed E-state index contributed by atoms with van der Waals surface area (Å²) < 4.78 is 0. The molecular formula is C15H20O. The molecule has 1 fully saturated rings. The summed E-state index contributed by atoms with van der Waals surface area (Å²) in [6.07, 6.45) is 10.4. The average molecular weight is 216 g/mol. The van der Waals surface area contributed by atoms with Crippen molar-refractivity contribution < 1.29 is 5.11 Å². The van der Waals surface area contributed by atoms with Crippen molar-refractivity contribution in [1.29, 1.82) is 0 Å². The molecule has 2 rings (SSSR count). The second kappa shape index (κ2) is 5.86. The standard InChI is InChI=1S/C15H20O/c16-15(14-9-5-2-6-10-14)12-11-13-7-3-1-4-8-13/h2,5-6,9-13,15-16H,1,3-4,7-8H2/b12-11+/t15-/m1/s1. The average Bonchev–Trinajstić information content (AvgIpc) is 2.38. The van der Waals surface area contributed by atoms with Gasteiger partial charge in [-0.3, -0.25) is 0 Å². The monoisotopic (exact) mass is 216 g/mol. The van der Waals surface area contributed by atoms with E-state index in [0.717, 1.165) is 5.56 Å². The van der Waals surface area contributed by atoms with Crippen molar-refractivity contribution in [2.75, 3.05) is 0 Å². The van der Waals surface area contributed by atoms with Gasteiger partial charge < -0.3 is 5.11 Å². The molecule has 1 aromatic carbocycles. The second-order valence-corrected chi connectivity index (χ2v) is 4.64. The van der Waals surface area contributed by atoms with Crippen molar-refractivity contribution in [3.8, 4) is 0 Å². The van der Waals surface area contributed by atoms with Gasteiger partial charge in [0.05, 0.1) is 6.10 Å². The first kappa shape index (κ1) is 11.4. The number of allylic oxidation sites excluding steroid dienone is 1. The minimum atomic E-state index is -0.442. The zero-order chi connectivity index (χ0) is 11.2. The van der Waals surface area contributed by atoms with Gasteiger partial charge in [-0.1, -0.05) is 61.7 Å². The van der Waals surface area contributed by atoms with Crippen LogP contribution in [0.1, 0.15) is 43.8 Å². The van der Waals surface area contributed by atoms with Gasteiger partial charge in [0.2, 0.25) is 0 Å². The minimum absolute atomic E-state index is 0.442. The Morgan fingerprint density at radius 3 is 2.44 bits per heavy atom. The molecule has 16 heavy (non-hydrogen) atoms. The molecule has 1 saturated carbocycles. The summed E-state index contributed by atoms with van der Waals surface area (Å²) in [5, 5.41) is 9.96. The van der Waals surface area contributed by atoms with Gasteiger partial charge in [-0.2, -0.15) is 0 Å². The normalized spacial score (nSPS) is 20.1. The molecule has 1 aliphatic carbocycles. The third-order valence-corrected chi connectivity index (χ3v) is 3.36. The zero-order valence-electron chi connectivity index (χ0n) is 9.68. The third-order valence-electron chi connectivity index (χ3n) is 3.36. The summed E-state index contributed by atoms with van der Waals surface area (Å²) in [6, 6.07) is 9.84. The fourth-order valence-electron chi connectivity index (χ4n) is 2.35. The first-order chi connectivity index (χ1) is 7.86. The largest absolute Gasteiger partial charge is 0.384 e. The summed E-state index contributed by atoms with van der Waals surface area (Å²) in [5.74, 6) is 0.687. The van der Waals surface area contributed by atoms with Crippen molar-refractivity contribution >= 4 is 0 Å². The second-order valence-electron chi connectivity index (χ2n) is 4.64. The van der Waals surface area contributed by atoms with Gasteiger partial charge in [0.1, 0.15) is 0 Å². The van der Waals surface area contributed by atoms with Crippen LogP contribution >= 0.6 is 0 Å². The summed E-state index contributed by atoms with van der Waals surface area (Å²) in [5.41, 5.74) is 0.981. The molecule has 1 nitrogen and oxygen atoms in total. The lowest BCUT2D eigenvalue weighted by atomic mass is 9.88. The predicted molar refractivity (Wildman–Crippen MR) is 67.1 cm³/mol. The molecule has 0 saturated heterocycles. The fourth-order valence-corrected chi connectivity index (χ4v) is 2.35. The van der Waals surface area contributed by atoms with Gasteiger partial charge >= 0.3 is 0 Å². The lowest BCUT2D eigenvalue weighted by molar-refractivity contribution is 0.227. The van der Waals surface area contributed by atoms with Crippen LogP contribution in [0.3, 0.4) is 0 Å². The molecule has 86 valence electrons. The summed E-state index contributed by atoms with van der Waals surface area (Å²) in [7, 11) is 0. The highest BCUT2D eigenvalue weighted by atomic mass is 16.3. The van der Waals surface area contributed by atoms with E-state index >= 15 is 0 Å². The molecule has 1 aliphatic rings. The van der Waals surface area contributed by atoms with Gasteiger partial charge in [-0.25, -0.2) is 0 Å². The van der Waals surface area contributed by atoms with E-state index in [-0.39, 0.29) is 0 Å². The van der Waals surface area contributed by atoms with Crippen LogP contribution in [-0.4, -0.2) is 5.11 Å². The molecule has 0 bridgehead atoms. The van der Waals surface area contributed by atoms with Gasteiger partial charge in [0.15, 0.2) is 0 Å². The minimum Gasteiger partial charge on any atom is -0.384 e. The highest BCUT2D eigenvalue weighted by Crippen LogP contribution is 2.25. The van der Waals surface area contributed by atoms with E-state index in [1.165, 1.54) is 32.1 Å². The number of aliphatic hydroxyl groups excluding tert-OH is 1. The van der Waals surface area contributed by atoms with E-state index in [0.29, 0.717) is 5.92 Å². The van der Waals surface area contributed by atoms with Crippen molar-refractivity contribution in [1.82, 2.24) is 0 Å². The highest BCUT2D eigenvalue weighted by Gasteiger charge is 2.10. The van der Waals surface area contributed by atoms with Gasteiger partial charge in [0, 0.05) is 0 Å². The Hall–Kier alpha value is -1.08. The third kappa shape index (κ3) is 3.21. The Balaban J connectivity index is 1.91. The maximum atomic E-state index is 9.96. The number of benzene rings is 1. The first-order valence-corrected chi connectivity index (χ1v) is 6.27. The Labute approximate surface area is 97.8 Å². The molecule has 1 aromatic rings. The summed E-state index contributed by atoms with van der Waals surface area (Å²) in [4.78, 5) is 0. The van der Waals surface area contributed by atoms with E-state index in [4.69, 9.17) is 0 Å². The van der Waals surface area contributed by atoms with Gasteiger partial charge in [-0.15, -0.1) is 0 Å².